The van der Waals surface area contributed by atoms with Crippen molar-refractivity contribution in [2.24, 2.45) is 0 Å². The molecule has 6 heteroatoms. The van der Waals surface area contributed by atoms with Crippen molar-refractivity contribution in [1.29, 1.82) is 0 Å². The number of benzene rings is 1. The van der Waals surface area contributed by atoms with Crippen LogP contribution in [0, 0.1) is 0 Å². The van der Waals surface area contributed by atoms with Crippen molar-refractivity contribution in [2.75, 3.05) is 19.6 Å². The molecule has 1 rings (SSSR count). The Hall–Kier alpha value is -0.810. The molecule has 1 atom stereocenters. The number of nitrogens with one attached hydrogen (secondary N) is 2. The molecule has 3 N–H and O–H groups in total. The van der Waals surface area contributed by atoms with E-state index in [2.05, 4.69) is 10.6 Å². The molecule has 0 radical (unpaired) electrons. The summed E-state index contributed by atoms with van der Waals surface area (Å²) in [6, 6.07) is 4.91. The Morgan fingerprint density at radius 1 is 1.42 bits per heavy atom. The van der Waals surface area contributed by atoms with Gasteiger partial charge in [0.2, 0.25) is 5.91 Å². The molecule has 4 nitrogen and oxygen atoms in total. The van der Waals surface area contributed by atoms with E-state index < -0.39 is 6.10 Å². The van der Waals surface area contributed by atoms with Crippen LogP contribution in [0.4, 0.5) is 0 Å². The van der Waals surface area contributed by atoms with Gasteiger partial charge in [-0.3, -0.25) is 4.79 Å². The van der Waals surface area contributed by atoms with Crippen molar-refractivity contribution in [1.82, 2.24) is 10.6 Å². The van der Waals surface area contributed by atoms with Crippen molar-refractivity contribution in [3.63, 3.8) is 0 Å². The number of aliphatic hydroxyl groups excluding tert-OH is 1. The Morgan fingerprint density at radius 2 is 2.16 bits per heavy atom. The first-order chi connectivity index (χ1) is 9.04. The molecule has 19 heavy (non-hydrogen) atoms. The second-order valence-electron chi connectivity index (χ2n) is 4.16. The molecule has 0 bridgehead atoms. The van der Waals surface area contributed by atoms with Gasteiger partial charge in [-0.15, -0.1) is 0 Å². The minimum Gasteiger partial charge on any atom is -0.387 e. The van der Waals surface area contributed by atoms with Crippen LogP contribution in [0.25, 0.3) is 0 Å². The van der Waals surface area contributed by atoms with Crippen LogP contribution < -0.4 is 10.6 Å². The Labute approximate surface area is 123 Å². The summed E-state index contributed by atoms with van der Waals surface area (Å²) in [5.41, 5.74) is 0.552. The Balaban J connectivity index is 2.41. The van der Waals surface area contributed by atoms with Crippen LogP contribution in [-0.4, -0.2) is 30.6 Å². The summed E-state index contributed by atoms with van der Waals surface area (Å²) in [5, 5.41) is 16.6. The van der Waals surface area contributed by atoms with E-state index in [9.17, 15) is 9.90 Å². The summed E-state index contributed by atoms with van der Waals surface area (Å²) in [6.45, 7) is 3.04. The second kappa shape index (κ2) is 8.38. The predicted octanol–water partition coefficient (Wildman–Crippen LogP) is 2.14. The fourth-order valence-electron chi connectivity index (χ4n) is 1.53. The lowest BCUT2D eigenvalue weighted by Gasteiger charge is -2.14. The molecule has 1 unspecified atom stereocenters. The van der Waals surface area contributed by atoms with E-state index in [4.69, 9.17) is 23.2 Å². The molecular weight excluding hydrogens is 287 g/mol. The monoisotopic (exact) mass is 304 g/mol. The zero-order valence-electron chi connectivity index (χ0n) is 10.7. The number of hydrogen-bond acceptors (Lipinski definition) is 3. The van der Waals surface area contributed by atoms with Crippen molar-refractivity contribution in [3.8, 4) is 0 Å². The maximum absolute atomic E-state index is 11.3. The molecule has 0 aromatic heterocycles. The second-order valence-corrected chi connectivity index (χ2v) is 5.01. The number of rotatable bonds is 7. The number of amides is 1. The maximum Gasteiger partial charge on any atom is 0.233 e. The fourth-order valence-corrected chi connectivity index (χ4v) is 1.95. The molecule has 1 aromatic rings. The molecule has 0 saturated heterocycles. The number of carbonyl (C=O) groups is 1. The highest BCUT2D eigenvalue weighted by atomic mass is 35.5. The van der Waals surface area contributed by atoms with Gasteiger partial charge in [-0.1, -0.05) is 30.1 Å². The summed E-state index contributed by atoms with van der Waals surface area (Å²) < 4.78 is 0. The lowest BCUT2D eigenvalue weighted by atomic mass is 10.1. The molecule has 0 aliphatic carbocycles. The Morgan fingerprint density at radius 3 is 2.84 bits per heavy atom. The van der Waals surface area contributed by atoms with E-state index >= 15 is 0 Å². The number of aliphatic hydroxyl groups is 1. The van der Waals surface area contributed by atoms with E-state index in [0.29, 0.717) is 22.2 Å². The van der Waals surface area contributed by atoms with Crippen LogP contribution in [0.15, 0.2) is 18.2 Å². The smallest absolute Gasteiger partial charge is 0.233 e. The van der Waals surface area contributed by atoms with Gasteiger partial charge >= 0.3 is 0 Å². The van der Waals surface area contributed by atoms with Gasteiger partial charge in [0, 0.05) is 28.7 Å². The minimum atomic E-state index is -0.801. The Bertz CT molecular complexity index is 427. The average molecular weight is 305 g/mol. The normalized spacial score (nSPS) is 12.2. The maximum atomic E-state index is 11.3. The molecule has 0 aliphatic rings. The van der Waals surface area contributed by atoms with Crippen LogP contribution >= 0.6 is 23.2 Å². The third kappa shape index (κ3) is 5.78. The van der Waals surface area contributed by atoms with Gasteiger partial charge < -0.3 is 15.7 Å². The summed E-state index contributed by atoms with van der Waals surface area (Å²) >= 11 is 11.8. The summed E-state index contributed by atoms with van der Waals surface area (Å²) in [4.78, 5) is 11.3. The summed E-state index contributed by atoms with van der Waals surface area (Å²) in [7, 11) is 0. The molecular formula is C13H18Cl2N2O2. The highest BCUT2D eigenvalue weighted by Gasteiger charge is 2.12. The van der Waals surface area contributed by atoms with E-state index in [1.807, 2.05) is 6.92 Å². The third-order valence-electron chi connectivity index (χ3n) is 2.51. The van der Waals surface area contributed by atoms with Crippen LogP contribution in [0.1, 0.15) is 25.0 Å². The molecule has 0 aliphatic heterocycles. The van der Waals surface area contributed by atoms with E-state index in [1.54, 1.807) is 18.2 Å². The molecule has 1 amide bonds. The van der Waals surface area contributed by atoms with Gasteiger partial charge in [-0.05, 0) is 24.6 Å². The van der Waals surface area contributed by atoms with Crippen molar-refractivity contribution < 1.29 is 9.90 Å². The zero-order chi connectivity index (χ0) is 14.3. The molecule has 0 spiro atoms. The van der Waals surface area contributed by atoms with E-state index in [0.717, 1.165) is 6.42 Å². The van der Waals surface area contributed by atoms with Gasteiger partial charge in [-0.25, -0.2) is 0 Å². The van der Waals surface area contributed by atoms with Crippen LogP contribution in [0.5, 0.6) is 0 Å². The van der Waals surface area contributed by atoms with Gasteiger partial charge in [0.05, 0.1) is 12.6 Å². The fraction of sp³-hybridized carbons (Fsp3) is 0.462. The quantitative estimate of drug-likeness (QED) is 0.723. The van der Waals surface area contributed by atoms with Gasteiger partial charge in [0.1, 0.15) is 0 Å². The summed E-state index contributed by atoms with van der Waals surface area (Å²) in [5.74, 6) is -0.0914. The lowest BCUT2D eigenvalue weighted by Crippen LogP contribution is -2.35. The van der Waals surface area contributed by atoms with Crippen molar-refractivity contribution in [3.05, 3.63) is 33.8 Å². The predicted molar refractivity (Wildman–Crippen MR) is 77.6 cm³/mol. The zero-order valence-corrected chi connectivity index (χ0v) is 12.3. The first-order valence-corrected chi connectivity index (χ1v) is 6.90. The molecule has 1 aromatic carbocycles. The standard InChI is InChI=1S/C13H18Cl2N2O2/c1-2-5-17-13(19)8-16-7-12(18)10-6-9(14)3-4-11(10)15/h3-4,6,12,16,18H,2,5,7-8H2,1H3,(H,17,19). The van der Waals surface area contributed by atoms with Crippen LogP contribution in [-0.2, 0) is 4.79 Å². The largest absolute Gasteiger partial charge is 0.387 e. The summed E-state index contributed by atoms with van der Waals surface area (Å²) in [6.07, 6.45) is 0.0946. The number of carbonyl (C=O) groups excluding carboxylic acids is 1. The topological polar surface area (TPSA) is 61.4 Å². The highest BCUT2D eigenvalue weighted by molar-refractivity contribution is 6.33. The molecule has 0 saturated carbocycles. The van der Waals surface area contributed by atoms with E-state index in [1.165, 1.54) is 0 Å². The van der Waals surface area contributed by atoms with Gasteiger partial charge in [0.15, 0.2) is 0 Å². The average Bonchev–Trinajstić information content (AvgIpc) is 2.39. The van der Waals surface area contributed by atoms with Crippen LogP contribution in [0.3, 0.4) is 0 Å². The highest BCUT2D eigenvalue weighted by Crippen LogP contribution is 2.25. The first-order valence-electron chi connectivity index (χ1n) is 6.15. The van der Waals surface area contributed by atoms with Gasteiger partial charge in [0.25, 0.3) is 0 Å². The van der Waals surface area contributed by atoms with E-state index in [-0.39, 0.29) is 19.0 Å². The van der Waals surface area contributed by atoms with Crippen molar-refractivity contribution in [2.45, 2.75) is 19.4 Å². The van der Waals surface area contributed by atoms with Gasteiger partial charge in [-0.2, -0.15) is 0 Å². The third-order valence-corrected chi connectivity index (χ3v) is 3.09. The number of halogens is 2. The molecule has 106 valence electrons. The minimum absolute atomic E-state index is 0.0914. The van der Waals surface area contributed by atoms with Crippen molar-refractivity contribution >= 4 is 29.1 Å². The number of hydrogen-bond donors (Lipinski definition) is 3. The molecule has 0 heterocycles. The first kappa shape index (κ1) is 16.2. The molecule has 0 fully saturated rings. The lowest BCUT2D eigenvalue weighted by molar-refractivity contribution is -0.120. The SMILES string of the molecule is CCCNC(=O)CNCC(O)c1cc(Cl)ccc1Cl. The Kier molecular flexibility index (Phi) is 7.16. The van der Waals surface area contributed by atoms with Crippen LogP contribution in [0.2, 0.25) is 10.0 Å².